The molecule has 15 heavy (non-hydrogen) atoms. The van der Waals surface area contributed by atoms with E-state index in [1.165, 1.54) is 0 Å². The molecule has 4 nitrogen and oxygen atoms in total. The van der Waals surface area contributed by atoms with E-state index >= 15 is 0 Å². The number of sulfonamides is 1. The SMILES string of the molecule is CNCC1CCN(S(=O)(=O)C(F)F)CC1. The third-order valence-electron chi connectivity index (χ3n) is 2.65. The maximum atomic E-state index is 12.2. The van der Waals surface area contributed by atoms with E-state index in [9.17, 15) is 17.2 Å². The second kappa shape index (κ2) is 5.18. The molecule has 1 rings (SSSR count). The van der Waals surface area contributed by atoms with E-state index < -0.39 is 15.8 Å². The normalized spacial score (nSPS) is 21.1. The molecule has 1 heterocycles. The van der Waals surface area contributed by atoms with Crippen molar-refractivity contribution in [3.05, 3.63) is 0 Å². The van der Waals surface area contributed by atoms with Crippen LogP contribution in [-0.4, -0.2) is 45.2 Å². The zero-order valence-corrected chi connectivity index (χ0v) is 9.43. The summed E-state index contributed by atoms with van der Waals surface area (Å²) in [6, 6.07) is 0. The summed E-state index contributed by atoms with van der Waals surface area (Å²) >= 11 is 0. The summed E-state index contributed by atoms with van der Waals surface area (Å²) in [5.41, 5.74) is 0. The van der Waals surface area contributed by atoms with Crippen LogP contribution in [-0.2, 0) is 10.0 Å². The molecular weight excluding hydrogens is 226 g/mol. The number of alkyl halides is 2. The molecule has 0 radical (unpaired) electrons. The summed E-state index contributed by atoms with van der Waals surface area (Å²) in [6.07, 6.45) is 1.29. The highest BCUT2D eigenvalue weighted by atomic mass is 32.2. The molecule has 1 saturated heterocycles. The van der Waals surface area contributed by atoms with Crippen molar-refractivity contribution in [2.24, 2.45) is 5.92 Å². The van der Waals surface area contributed by atoms with Crippen LogP contribution in [0.4, 0.5) is 8.78 Å². The molecule has 0 atom stereocenters. The summed E-state index contributed by atoms with van der Waals surface area (Å²) in [5, 5.41) is 3.00. The van der Waals surface area contributed by atoms with E-state index in [2.05, 4.69) is 5.32 Å². The summed E-state index contributed by atoms with van der Waals surface area (Å²) in [7, 11) is -2.54. The van der Waals surface area contributed by atoms with E-state index in [-0.39, 0.29) is 13.1 Å². The molecule has 0 spiro atoms. The van der Waals surface area contributed by atoms with Gasteiger partial charge in [-0.15, -0.1) is 0 Å². The van der Waals surface area contributed by atoms with Crippen LogP contribution in [0.1, 0.15) is 12.8 Å². The van der Waals surface area contributed by atoms with Gasteiger partial charge in [-0.2, -0.15) is 13.1 Å². The fourth-order valence-corrected chi connectivity index (χ4v) is 2.71. The number of nitrogens with one attached hydrogen (secondary N) is 1. The number of hydrogen-bond acceptors (Lipinski definition) is 3. The lowest BCUT2D eigenvalue weighted by molar-refractivity contribution is 0.203. The molecule has 0 aromatic carbocycles. The first-order chi connectivity index (χ1) is 6.98. The topological polar surface area (TPSA) is 49.4 Å². The van der Waals surface area contributed by atoms with Gasteiger partial charge in [-0.1, -0.05) is 0 Å². The Morgan fingerprint density at radius 1 is 1.40 bits per heavy atom. The highest BCUT2D eigenvalue weighted by molar-refractivity contribution is 7.89. The van der Waals surface area contributed by atoms with Gasteiger partial charge in [0.25, 0.3) is 10.0 Å². The number of hydrogen-bond donors (Lipinski definition) is 1. The van der Waals surface area contributed by atoms with Gasteiger partial charge in [0, 0.05) is 13.1 Å². The quantitative estimate of drug-likeness (QED) is 0.779. The zero-order valence-electron chi connectivity index (χ0n) is 8.62. The largest absolute Gasteiger partial charge is 0.350 e. The third-order valence-corrected chi connectivity index (χ3v) is 4.19. The van der Waals surface area contributed by atoms with Crippen LogP contribution in [0.25, 0.3) is 0 Å². The van der Waals surface area contributed by atoms with E-state index in [0.717, 1.165) is 10.8 Å². The Balaban J connectivity index is 2.51. The van der Waals surface area contributed by atoms with E-state index in [0.29, 0.717) is 18.8 Å². The van der Waals surface area contributed by atoms with Gasteiger partial charge in [0.15, 0.2) is 0 Å². The Bertz CT molecular complexity index is 287. The molecule has 0 saturated carbocycles. The van der Waals surface area contributed by atoms with Crippen molar-refractivity contribution >= 4 is 10.0 Å². The number of halogens is 2. The van der Waals surface area contributed by atoms with Gasteiger partial charge in [0.1, 0.15) is 0 Å². The first-order valence-electron chi connectivity index (χ1n) is 4.90. The maximum absolute atomic E-state index is 12.2. The van der Waals surface area contributed by atoms with Gasteiger partial charge in [-0.25, -0.2) is 8.42 Å². The first-order valence-corrected chi connectivity index (χ1v) is 6.40. The number of nitrogens with zero attached hydrogens (tertiary/aromatic N) is 1. The lowest BCUT2D eigenvalue weighted by Gasteiger charge is -2.30. The molecule has 1 aliphatic rings. The van der Waals surface area contributed by atoms with E-state index in [4.69, 9.17) is 0 Å². The van der Waals surface area contributed by atoms with Crippen molar-refractivity contribution in [1.29, 1.82) is 0 Å². The lowest BCUT2D eigenvalue weighted by atomic mass is 9.98. The van der Waals surface area contributed by atoms with Crippen LogP contribution >= 0.6 is 0 Å². The highest BCUT2D eigenvalue weighted by Crippen LogP contribution is 2.21. The summed E-state index contributed by atoms with van der Waals surface area (Å²) in [4.78, 5) is 0. The van der Waals surface area contributed by atoms with Crippen molar-refractivity contribution in [1.82, 2.24) is 9.62 Å². The van der Waals surface area contributed by atoms with Crippen LogP contribution < -0.4 is 5.32 Å². The average molecular weight is 242 g/mol. The molecule has 1 aliphatic heterocycles. The number of rotatable bonds is 4. The number of piperidine rings is 1. The Hall–Kier alpha value is -0.270. The fraction of sp³-hybridized carbons (Fsp3) is 1.00. The highest BCUT2D eigenvalue weighted by Gasteiger charge is 2.34. The molecule has 0 unspecified atom stereocenters. The summed E-state index contributed by atoms with van der Waals surface area (Å²) in [6.45, 7) is 1.22. The van der Waals surface area contributed by atoms with Crippen LogP contribution in [0.15, 0.2) is 0 Å². The zero-order chi connectivity index (χ0) is 11.5. The monoisotopic (exact) mass is 242 g/mol. The van der Waals surface area contributed by atoms with Crippen LogP contribution in [0.5, 0.6) is 0 Å². The van der Waals surface area contributed by atoms with Gasteiger partial charge in [-0.3, -0.25) is 0 Å². The molecule has 1 N–H and O–H groups in total. The van der Waals surface area contributed by atoms with Crippen molar-refractivity contribution in [3.63, 3.8) is 0 Å². The molecule has 0 aromatic heterocycles. The van der Waals surface area contributed by atoms with Crippen LogP contribution in [0.2, 0.25) is 0 Å². The fourth-order valence-electron chi connectivity index (χ4n) is 1.77. The minimum Gasteiger partial charge on any atom is -0.319 e. The molecule has 0 amide bonds. The van der Waals surface area contributed by atoms with Gasteiger partial charge < -0.3 is 5.32 Å². The van der Waals surface area contributed by atoms with E-state index in [1.807, 2.05) is 7.05 Å². The van der Waals surface area contributed by atoms with Crippen LogP contribution in [0.3, 0.4) is 0 Å². The Labute approximate surface area is 88.7 Å². The molecule has 90 valence electrons. The molecule has 7 heteroatoms. The predicted octanol–water partition coefficient (Wildman–Crippen LogP) is 0.470. The second-order valence-corrected chi connectivity index (χ2v) is 5.61. The minimum atomic E-state index is -4.36. The smallest absolute Gasteiger partial charge is 0.319 e. The summed E-state index contributed by atoms with van der Waals surface area (Å²) in [5.74, 6) is -2.91. The van der Waals surface area contributed by atoms with Crippen molar-refractivity contribution in [2.75, 3.05) is 26.7 Å². The predicted molar refractivity (Wildman–Crippen MR) is 53.1 cm³/mol. The van der Waals surface area contributed by atoms with Crippen molar-refractivity contribution in [2.45, 2.75) is 18.6 Å². The Kier molecular flexibility index (Phi) is 4.42. The molecule has 0 aliphatic carbocycles. The molecule has 0 bridgehead atoms. The van der Waals surface area contributed by atoms with Gasteiger partial charge in [0.05, 0.1) is 0 Å². The Morgan fingerprint density at radius 2 is 1.93 bits per heavy atom. The first kappa shape index (κ1) is 12.8. The van der Waals surface area contributed by atoms with E-state index in [1.54, 1.807) is 0 Å². The van der Waals surface area contributed by atoms with Gasteiger partial charge in [-0.05, 0) is 32.4 Å². The van der Waals surface area contributed by atoms with Gasteiger partial charge in [0.2, 0.25) is 0 Å². The van der Waals surface area contributed by atoms with Crippen LogP contribution in [0, 0.1) is 5.92 Å². The molecular formula is C8H16F2N2O2S. The summed E-state index contributed by atoms with van der Waals surface area (Å²) < 4.78 is 47.5. The van der Waals surface area contributed by atoms with Gasteiger partial charge >= 0.3 is 5.76 Å². The Morgan fingerprint density at radius 3 is 2.33 bits per heavy atom. The second-order valence-electron chi connectivity index (χ2n) is 3.71. The van der Waals surface area contributed by atoms with Crippen molar-refractivity contribution in [3.8, 4) is 0 Å². The maximum Gasteiger partial charge on any atom is 0.350 e. The lowest BCUT2D eigenvalue weighted by Crippen LogP contribution is -2.42. The van der Waals surface area contributed by atoms with Crippen molar-refractivity contribution < 1.29 is 17.2 Å². The third kappa shape index (κ3) is 3.09. The average Bonchev–Trinajstić information content (AvgIpc) is 2.19. The molecule has 1 fully saturated rings. The molecule has 0 aromatic rings. The standard InChI is InChI=1S/C8H16F2N2O2S/c1-11-6-7-2-4-12(5-3-7)15(13,14)8(9)10/h7-8,11H,2-6H2,1H3. The minimum absolute atomic E-state index is 0.207.